The topological polar surface area (TPSA) is 54.3 Å². The van der Waals surface area contributed by atoms with E-state index in [0.29, 0.717) is 12.1 Å². The summed E-state index contributed by atoms with van der Waals surface area (Å²) in [5.41, 5.74) is 0.242. The first kappa shape index (κ1) is 16.0. The van der Waals surface area contributed by atoms with E-state index in [0.717, 1.165) is 13.1 Å². The number of hydrogen-bond acceptors (Lipinski definition) is 4. The standard InChI is InChI=1S/C17H21N3O2S/c1-19-9-6-13(11-16(19)21)17(22)18-12-14(15-5-4-10-23-15)20-7-2-3-8-20/h4-6,9-11,14H,2-3,7-8,12H2,1H3,(H,18,22)/t14-/m1/s1. The van der Waals surface area contributed by atoms with Gasteiger partial charge in [0.15, 0.2) is 0 Å². The second kappa shape index (κ2) is 7.10. The average Bonchev–Trinajstić information content (AvgIpc) is 3.24. The number of aryl methyl sites for hydroxylation is 1. The minimum Gasteiger partial charge on any atom is -0.350 e. The van der Waals surface area contributed by atoms with E-state index in [9.17, 15) is 9.59 Å². The zero-order chi connectivity index (χ0) is 16.2. The number of carbonyl (C=O) groups is 1. The fourth-order valence-corrected chi connectivity index (χ4v) is 3.79. The second-order valence-electron chi connectivity index (χ2n) is 5.85. The summed E-state index contributed by atoms with van der Waals surface area (Å²) in [5, 5.41) is 5.06. The van der Waals surface area contributed by atoms with Crippen LogP contribution in [0.15, 0.2) is 40.6 Å². The summed E-state index contributed by atoms with van der Waals surface area (Å²) in [4.78, 5) is 27.7. The molecule has 0 aromatic carbocycles. The highest BCUT2D eigenvalue weighted by Gasteiger charge is 2.24. The quantitative estimate of drug-likeness (QED) is 0.912. The van der Waals surface area contributed by atoms with Crippen LogP contribution in [0, 0.1) is 0 Å². The van der Waals surface area contributed by atoms with Crippen molar-refractivity contribution in [2.45, 2.75) is 18.9 Å². The first-order valence-electron chi connectivity index (χ1n) is 7.87. The summed E-state index contributed by atoms with van der Waals surface area (Å²) in [5.74, 6) is -0.191. The Kier molecular flexibility index (Phi) is 4.93. The summed E-state index contributed by atoms with van der Waals surface area (Å²) < 4.78 is 1.45. The van der Waals surface area contributed by atoms with Crippen molar-refractivity contribution >= 4 is 17.2 Å². The maximum absolute atomic E-state index is 12.3. The molecule has 1 atom stereocenters. The largest absolute Gasteiger partial charge is 0.350 e. The van der Waals surface area contributed by atoms with Crippen molar-refractivity contribution in [2.24, 2.45) is 7.05 Å². The van der Waals surface area contributed by atoms with Gasteiger partial charge in [0.05, 0.1) is 6.04 Å². The number of nitrogens with one attached hydrogen (secondary N) is 1. The van der Waals surface area contributed by atoms with Gasteiger partial charge in [-0.15, -0.1) is 11.3 Å². The van der Waals surface area contributed by atoms with E-state index >= 15 is 0 Å². The normalized spacial score (nSPS) is 16.4. The Morgan fingerprint density at radius 1 is 1.35 bits per heavy atom. The van der Waals surface area contributed by atoms with E-state index < -0.39 is 0 Å². The smallest absolute Gasteiger partial charge is 0.251 e. The molecule has 0 unspecified atom stereocenters. The van der Waals surface area contributed by atoms with Crippen molar-refractivity contribution in [3.8, 4) is 0 Å². The van der Waals surface area contributed by atoms with Crippen LogP contribution in [-0.2, 0) is 7.05 Å². The lowest BCUT2D eigenvalue weighted by Crippen LogP contribution is -2.36. The molecular formula is C17H21N3O2S. The molecule has 1 N–H and O–H groups in total. The highest BCUT2D eigenvalue weighted by Crippen LogP contribution is 2.27. The van der Waals surface area contributed by atoms with Crippen LogP contribution in [0.4, 0.5) is 0 Å². The Bertz CT molecular complexity index is 718. The van der Waals surface area contributed by atoms with E-state index in [1.165, 1.54) is 28.4 Å². The van der Waals surface area contributed by atoms with E-state index in [2.05, 4.69) is 21.7 Å². The van der Waals surface area contributed by atoms with Crippen LogP contribution in [0.5, 0.6) is 0 Å². The van der Waals surface area contributed by atoms with E-state index in [1.54, 1.807) is 30.6 Å². The van der Waals surface area contributed by atoms with E-state index in [1.807, 2.05) is 6.07 Å². The van der Waals surface area contributed by atoms with Gasteiger partial charge in [0.25, 0.3) is 11.5 Å². The maximum atomic E-state index is 12.3. The van der Waals surface area contributed by atoms with E-state index in [-0.39, 0.29) is 17.5 Å². The Hall–Kier alpha value is -1.92. The molecular weight excluding hydrogens is 310 g/mol. The van der Waals surface area contributed by atoms with Crippen molar-refractivity contribution in [2.75, 3.05) is 19.6 Å². The van der Waals surface area contributed by atoms with Gasteiger partial charge in [-0.1, -0.05) is 6.07 Å². The van der Waals surface area contributed by atoms with Crippen LogP contribution in [0.3, 0.4) is 0 Å². The highest BCUT2D eigenvalue weighted by molar-refractivity contribution is 7.10. The number of nitrogens with zero attached hydrogens (tertiary/aromatic N) is 2. The van der Waals surface area contributed by atoms with Gasteiger partial charge in [-0.05, 0) is 43.4 Å². The van der Waals surface area contributed by atoms with Crippen molar-refractivity contribution in [1.29, 1.82) is 0 Å². The molecule has 1 amide bonds. The van der Waals surface area contributed by atoms with Crippen LogP contribution >= 0.6 is 11.3 Å². The number of thiophene rings is 1. The Balaban J connectivity index is 1.69. The lowest BCUT2D eigenvalue weighted by atomic mass is 10.2. The molecule has 0 spiro atoms. The number of pyridine rings is 1. The molecule has 0 bridgehead atoms. The van der Waals surface area contributed by atoms with Gasteiger partial charge in [-0.25, -0.2) is 0 Å². The third-order valence-corrected chi connectivity index (χ3v) is 5.25. The fourth-order valence-electron chi connectivity index (χ4n) is 2.92. The average molecular weight is 331 g/mol. The monoisotopic (exact) mass is 331 g/mol. The predicted octanol–water partition coefficient (Wildman–Crippen LogP) is 2.01. The molecule has 5 nitrogen and oxygen atoms in total. The van der Waals surface area contributed by atoms with Gasteiger partial charge in [0.1, 0.15) is 0 Å². The first-order chi connectivity index (χ1) is 11.1. The summed E-state index contributed by atoms with van der Waals surface area (Å²) in [6.45, 7) is 2.71. The van der Waals surface area contributed by atoms with Crippen LogP contribution in [0.1, 0.15) is 34.1 Å². The maximum Gasteiger partial charge on any atom is 0.251 e. The molecule has 1 fully saturated rings. The molecule has 1 aliphatic rings. The van der Waals surface area contributed by atoms with Crippen LogP contribution in [-0.4, -0.2) is 35.0 Å². The molecule has 122 valence electrons. The summed E-state index contributed by atoms with van der Waals surface area (Å²) in [6.07, 6.45) is 4.05. The summed E-state index contributed by atoms with van der Waals surface area (Å²) >= 11 is 1.72. The lowest BCUT2D eigenvalue weighted by molar-refractivity contribution is 0.0938. The molecule has 0 aliphatic carbocycles. The van der Waals surface area contributed by atoms with Crippen molar-refractivity contribution in [1.82, 2.24) is 14.8 Å². The molecule has 0 saturated carbocycles. The number of rotatable bonds is 5. The third kappa shape index (κ3) is 3.71. The number of amides is 1. The number of hydrogen-bond donors (Lipinski definition) is 1. The zero-order valence-electron chi connectivity index (χ0n) is 13.2. The first-order valence-corrected chi connectivity index (χ1v) is 8.75. The highest BCUT2D eigenvalue weighted by atomic mass is 32.1. The van der Waals surface area contributed by atoms with Gasteiger partial charge in [0, 0.05) is 36.3 Å². The summed E-state index contributed by atoms with van der Waals surface area (Å²) in [7, 11) is 1.67. The predicted molar refractivity (Wildman–Crippen MR) is 91.9 cm³/mol. The van der Waals surface area contributed by atoms with Crippen LogP contribution < -0.4 is 10.9 Å². The molecule has 1 aliphatic heterocycles. The van der Waals surface area contributed by atoms with Gasteiger partial charge in [-0.2, -0.15) is 0 Å². The molecule has 0 radical (unpaired) electrons. The minimum atomic E-state index is -0.191. The van der Waals surface area contributed by atoms with Crippen molar-refractivity contribution in [3.63, 3.8) is 0 Å². The van der Waals surface area contributed by atoms with Crippen LogP contribution in [0.2, 0.25) is 0 Å². The van der Waals surface area contributed by atoms with Gasteiger partial charge >= 0.3 is 0 Å². The minimum absolute atomic E-state index is 0.174. The van der Waals surface area contributed by atoms with Crippen molar-refractivity contribution in [3.05, 3.63) is 56.6 Å². The van der Waals surface area contributed by atoms with Crippen molar-refractivity contribution < 1.29 is 4.79 Å². The van der Waals surface area contributed by atoms with Gasteiger partial charge < -0.3 is 9.88 Å². The van der Waals surface area contributed by atoms with Gasteiger partial charge in [-0.3, -0.25) is 14.5 Å². The lowest BCUT2D eigenvalue weighted by Gasteiger charge is -2.26. The fraction of sp³-hybridized carbons (Fsp3) is 0.412. The number of carbonyl (C=O) groups excluding carboxylic acids is 1. The zero-order valence-corrected chi connectivity index (χ0v) is 14.0. The van der Waals surface area contributed by atoms with Crippen LogP contribution in [0.25, 0.3) is 0 Å². The second-order valence-corrected chi connectivity index (χ2v) is 6.83. The molecule has 6 heteroatoms. The molecule has 2 aromatic heterocycles. The number of likely N-dealkylation sites (tertiary alicyclic amines) is 1. The summed E-state index contributed by atoms with van der Waals surface area (Å²) in [6, 6.07) is 7.44. The SMILES string of the molecule is Cn1ccc(C(=O)NC[C@H](c2cccs2)N2CCCC2)cc1=O. The third-order valence-electron chi connectivity index (χ3n) is 4.28. The Labute approximate surface area is 139 Å². The molecule has 23 heavy (non-hydrogen) atoms. The molecule has 2 aromatic rings. The van der Waals surface area contributed by atoms with Gasteiger partial charge in [0.2, 0.25) is 0 Å². The molecule has 1 saturated heterocycles. The number of aromatic nitrogens is 1. The Morgan fingerprint density at radius 2 is 2.13 bits per heavy atom. The Morgan fingerprint density at radius 3 is 2.78 bits per heavy atom. The van der Waals surface area contributed by atoms with E-state index in [4.69, 9.17) is 0 Å². The molecule has 3 rings (SSSR count). The molecule has 3 heterocycles.